The third-order valence-electron chi connectivity index (χ3n) is 4.68. The van der Waals surface area contributed by atoms with Crippen LogP contribution in [0.3, 0.4) is 0 Å². The summed E-state index contributed by atoms with van der Waals surface area (Å²) in [5, 5.41) is 13.7. The Morgan fingerprint density at radius 2 is 1.96 bits per heavy atom. The van der Waals surface area contributed by atoms with Crippen LogP contribution in [0.25, 0.3) is 0 Å². The number of aromatic nitrogens is 2. The monoisotopic (exact) mass is 327 g/mol. The van der Waals surface area contributed by atoms with Crippen molar-refractivity contribution in [3.8, 4) is 0 Å². The third kappa shape index (κ3) is 3.32. The van der Waals surface area contributed by atoms with Crippen LogP contribution in [-0.2, 0) is 16.1 Å². The smallest absolute Gasteiger partial charge is 0.308 e. The van der Waals surface area contributed by atoms with E-state index in [0.29, 0.717) is 19.5 Å². The van der Waals surface area contributed by atoms with Crippen LogP contribution < -0.4 is 0 Å². The second kappa shape index (κ2) is 6.86. The molecule has 0 unspecified atom stereocenters. The fourth-order valence-electron chi connectivity index (χ4n) is 3.29. The van der Waals surface area contributed by atoms with Gasteiger partial charge in [-0.1, -0.05) is 30.3 Å². The molecule has 3 rings (SSSR count). The van der Waals surface area contributed by atoms with E-state index in [-0.39, 0.29) is 18.4 Å². The topological polar surface area (TPSA) is 75.4 Å². The maximum atomic E-state index is 12.5. The molecule has 1 saturated heterocycles. The van der Waals surface area contributed by atoms with Crippen molar-refractivity contribution in [2.45, 2.75) is 25.8 Å². The first-order valence-corrected chi connectivity index (χ1v) is 8.10. The lowest BCUT2D eigenvalue weighted by molar-refractivity contribution is -0.141. The summed E-state index contributed by atoms with van der Waals surface area (Å²) in [6.45, 7) is 3.19. The van der Waals surface area contributed by atoms with Gasteiger partial charge in [0.15, 0.2) is 0 Å². The van der Waals surface area contributed by atoms with Crippen molar-refractivity contribution in [1.29, 1.82) is 0 Å². The lowest BCUT2D eigenvalue weighted by atomic mass is 9.89. The number of carbonyl (C=O) groups is 2. The maximum absolute atomic E-state index is 12.5. The molecule has 6 nitrogen and oxygen atoms in total. The van der Waals surface area contributed by atoms with Gasteiger partial charge in [0, 0.05) is 43.9 Å². The van der Waals surface area contributed by atoms with Gasteiger partial charge in [-0.05, 0) is 18.6 Å². The number of hydrogen-bond acceptors (Lipinski definition) is 3. The number of carboxylic acids is 1. The minimum Gasteiger partial charge on any atom is -0.481 e. The Bertz CT molecular complexity index is 726. The molecule has 0 bridgehead atoms. The number of hydrogen-bond donors (Lipinski definition) is 1. The van der Waals surface area contributed by atoms with Crippen molar-refractivity contribution >= 4 is 11.9 Å². The molecule has 0 saturated carbocycles. The SMILES string of the molecule is Cc1ccnn1CCC(=O)N1C[C@@H](C(=O)O)[C@H](c2ccccc2)C1. The van der Waals surface area contributed by atoms with E-state index in [2.05, 4.69) is 5.10 Å². The second-order valence-corrected chi connectivity index (χ2v) is 6.21. The van der Waals surface area contributed by atoms with Gasteiger partial charge in [-0.2, -0.15) is 5.10 Å². The van der Waals surface area contributed by atoms with E-state index in [1.165, 1.54) is 0 Å². The highest BCUT2D eigenvalue weighted by atomic mass is 16.4. The van der Waals surface area contributed by atoms with Crippen LogP contribution in [0.5, 0.6) is 0 Å². The number of carbonyl (C=O) groups excluding carboxylic acids is 1. The number of nitrogens with zero attached hydrogens (tertiary/aromatic N) is 3. The molecule has 2 heterocycles. The van der Waals surface area contributed by atoms with Gasteiger partial charge in [0.1, 0.15) is 0 Å². The molecule has 1 N–H and O–H groups in total. The zero-order chi connectivity index (χ0) is 17.1. The van der Waals surface area contributed by atoms with Gasteiger partial charge >= 0.3 is 5.97 Å². The van der Waals surface area contributed by atoms with Crippen LogP contribution in [0.4, 0.5) is 0 Å². The Morgan fingerprint density at radius 3 is 2.58 bits per heavy atom. The van der Waals surface area contributed by atoms with Crippen LogP contribution in [0, 0.1) is 12.8 Å². The van der Waals surface area contributed by atoms with Crippen LogP contribution in [0.2, 0.25) is 0 Å². The molecule has 1 aliphatic rings. The molecular formula is C18H21N3O3. The first-order chi connectivity index (χ1) is 11.6. The minimum atomic E-state index is -0.845. The van der Waals surface area contributed by atoms with Crippen molar-refractivity contribution in [3.63, 3.8) is 0 Å². The lowest BCUT2D eigenvalue weighted by Crippen LogP contribution is -2.30. The highest BCUT2D eigenvalue weighted by Crippen LogP contribution is 2.33. The Morgan fingerprint density at radius 1 is 1.21 bits per heavy atom. The van der Waals surface area contributed by atoms with E-state index >= 15 is 0 Å². The van der Waals surface area contributed by atoms with Gasteiger partial charge in [-0.25, -0.2) is 0 Å². The van der Waals surface area contributed by atoms with Crippen molar-refractivity contribution in [2.75, 3.05) is 13.1 Å². The van der Waals surface area contributed by atoms with Crippen LogP contribution >= 0.6 is 0 Å². The van der Waals surface area contributed by atoms with Crippen molar-refractivity contribution < 1.29 is 14.7 Å². The molecule has 2 atom stereocenters. The Labute approximate surface area is 140 Å². The molecular weight excluding hydrogens is 306 g/mol. The van der Waals surface area contributed by atoms with Gasteiger partial charge in [-0.15, -0.1) is 0 Å². The number of aryl methyl sites for hydroxylation is 2. The average Bonchev–Trinajstić information content (AvgIpc) is 3.20. The fourth-order valence-corrected chi connectivity index (χ4v) is 3.29. The molecule has 0 radical (unpaired) electrons. The predicted molar refractivity (Wildman–Crippen MR) is 88.5 cm³/mol. The molecule has 1 aliphatic heterocycles. The summed E-state index contributed by atoms with van der Waals surface area (Å²) in [7, 11) is 0. The molecule has 0 aliphatic carbocycles. The number of benzene rings is 1. The predicted octanol–water partition coefficient (Wildman–Crippen LogP) is 1.91. The van der Waals surface area contributed by atoms with Gasteiger partial charge < -0.3 is 10.0 Å². The first kappa shape index (κ1) is 16.2. The zero-order valence-electron chi connectivity index (χ0n) is 13.6. The van der Waals surface area contributed by atoms with Crippen LogP contribution in [-0.4, -0.2) is 44.8 Å². The van der Waals surface area contributed by atoms with E-state index < -0.39 is 11.9 Å². The van der Waals surface area contributed by atoms with Gasteiger partial charge in [0.2, 0.25) is 5.91 Å². The van der Waals surface area contributed by atoms with Gasteiger partial charge in [-0.3, -0.25) is 14.3 Å². The number of aliphatic carboxylic acids is 1. The fraction of sp³-hybridized carbons (Fsp3) is 0.389. The summed E-state index contributed by atoms with van der Waals surface area (Å²) in [6, 6.07) is 11.5. The molecule has 1 aromatic heterocycles. The highest BCUT2D eigenvalue weighted by molar-refractivity contribution is 5.79. The summed E-state index contributed by atoms with van der Waals surface area (Å²) in [6.07, 6.45) is 2.04. The average molecular weight is 327 g/mol. The van der Waals surface area contributed by atoms with Crippen molar-refractivity contribution in [1.82, 2.24) is 14.7 Å². The molecule has 0 spiro atoms. The molecule has 126 valence electrons. The normalized spacial score (nSPS) is 20.3. The number of amides is 1. The van der Waals surface area contributed by atoms with E-state index in [1.54, 1.807) is 15.8 Å². The molecule has 1 amide bonds. The quantitative estimate of drug-likeness (QED) is 0.910. The Hall–Kier alpha value is -2.63. The van der Waals surface area contributed by atoms with E-state index in [9.17, 15) is 14.7 Å². The summed E-state index contributed by atoms with van der Waals surface area (Å²) in [4.78, 5) is 25.8. The van der Waals surface area contributed by atoms with Gasteiger partial charge in [0.25, 0.3) is 0 Å². The summed E-state index contributed by atoms with van der Waals surface area (Å²) in [5.74, 6) is -1.57. The maximum Gasteiger partial charge on any atom is 0.308 e. The standard InChI is InChI=1S/C18H21N3O3/c1-13-7-9-19-21(13)10-8-17(22)20-11-15(16(12-20)18(23)24)14-5-3-2-4-6-14/h2-7,9,15-16H,8,10-12H2,1H3,(H,23,24)/t15-,16+/m0/s1. The summed E-state index contributed by atoms with van der Waals surface area (Å²) < 4.78 is 1.79. The van der Waals surface area contributed by atoms with E-state index in [1.807, 2.05) is 43.3 Å². The first-order valence-electron chi connectivity index (χ1n) is 8.10. The Kier molecular flexibility index (Phi) is 4.64. The molecule has 24 heavy (non-hydrogen) atoms. The summed E-state index contributed by atoms with van der Waals surface area (Å²) >= 11 is 0. The highest BCUT2D eigenvalue weighted by Gasteiger charge is 2.40. The summed E-state index contributed by atoms with van der Waals surface area (Å²) in [5.41, 5.74) is 1.98. The number of rotatable bonds is 5. The molecule has 1 aromatic carbocycles. The zero-order valence-corrected chi connectivity index (χ0v) is 13.6. The second-order valence-electron chi connectivity index (χ2n) is 6.21. The van der Waals surface area contributed by atoms with Crippen molar-refractivity contribution in [3.05, 3.63) is 53.9 Å². The lowest BCUT2D eigenvalue weighted by Gasteiger charge is -2.17. The van der Waals surface area contributed by atoms with E-state index in [0.717, 1.165) is 11.3 Å². The van der Waals surface area contributed by atoms with Crippen molar-refractivity contribution in [2.24, 2.45) is 5.92 Å². The number of likely N-dealkylation sites (tertiary alicyclic amines) is 1. The largest absolute Gasteiger partial charge is 0.481 e. The molecule has 6 heteroatoms. The van der Waals surface area contributed by atoms with Crippen LogP contribution in [0.1, 0.15) is 23.6 Å². The number of carboxylic acid groups (broad SMARTS) is 1. The Balaban J connectivity index is 1.67. The van der Waals surface area contributed by atoms with Crippen LogP contribution in [0.15, 0.2) is 42.6 Å². The molecule has 2 aromatic rings. The van der Waals surface area contributed by atoms with Gasteiger partial charge in [0.05, 0.1) is 5.92 Å². The van der Waals surface area contributed by atoms with E-state index in [4.69, 9.17) is 0 Å². The third-order valence-corrected chi connectivity index (χ3v) is 4.68. The minimum absolute atomic E-state index is 0.0189. The molecule has 1 fully saturated rings.